The van der Waals surface area contributed by atoms with Gasteiger partial charge in [-0.15, -0.1) is 11.8 Å². The first-order valence-electron chi connectivity index (χ1n) is 8.44. The van der Waals surface area contributed by atoms with Gasteiger partial charge in [0.25, 0.3) is 0 Å². The summed E-state index contributed by atoms with van der Waals surface area (Å²) in [6.07, 6.45) is -1.10. The van der Waals surface area contributed by atoms with Crippen LogP contribution in [0.5, 0.6) is 0 Å². The summed E-state index contributed by atoms with van der Waals surface area (Å²) < 4.78 is 26.2. The molecule has 26 heavy (non-hydrogen) atoms. The third-order valence-electron chi connectivity index (χ3n) is 3.93. The number of carbonyl (C=O) groups is 1. The van der Waals surface area contributed by atoms with Crippen molar-refractivity contribution in [1.29, 1.82) is 0 Å². The molecule has 140 valence electrons. The van der Waals surface area contributed by atoms with Gasteiger partial charge in [0, 0.05) is 12.3 Å². The Morgan fingerprint density at radius 3 is 2.42 bits per heavy atom. The predicted molar refractivity (Wildman–Crippen MR) is 101 cm³/mol. The summed E-state index contributed by atoms with van der Waals surface area (Å²) in [5.74, 6) is -1.34. The second-order valence-electron chi connectivity index (χ2n) is 6.40. The zero-order valence-electron chi connectivity index (χ0n) is 14.8. The number of carbonyl (C=O) groups excluding carboxylic acids is 1. The summed E-state index contributed by atoms with van der Waals surface area (Å²) in [7, 11) is 0. The quantitative estimate of drug-likeness (QED) is 0.727. The van der Waals surface area contributed by atoms with E-state index in [-0.39, 0.29) is 29.2 Å². The topological polar surface area (TPSA) is 49.3 Å². The first kappa shape index (κ1) is 20.4. The molecule has 2 aromatic carbocycles. The number of halogens is 2. The van der Waals surface area contributed by atoms with E-state index in [0.29, 0.717) is 5.75 Å². The molecule has 0 heterocycles. The van der Waals surface area contributed by atoms with Gasteiger partial charge >= 0.3 is 0 Å². The molecule has 0 aliphatic carbocycles. The Hall–Kier alpha value is -1.92. The van der Waals surface area contributed by atoms with Crippen molar-refractivity contribution in [3.05, 3.63) is 71.3 Å². The first-order valence-corrected chi connectivity index (χ1v) is 9.49. The Morgan fingerprint density at radius 2 is 1.81 bits per heavy atom. The molecule has 0 aliphatic rings. The monoisotopic (exact) mass is 379 g/mol. The van der Waals surface area contributed by atoms with E-state index in [1.807, 2.05) is 44.2 Å². The Labute approximate surface area is 156 Å². The van der Waals surface area contributed by atoms with Crippen LogP contribution in [0.25, 0.3) is 0 Å². The zero-order chi connectivity index (χ0) is 19.1. The number of amides is 1. The van der Waals surface area contributed by atoms with Crippen LogP contribution in [-0.4, -0.2) is 22.8 Å². The highest BCUT2D eigenvalue weighted by Gasteiger charge is 2.23. The fraction of sp³-hybridized carbons (Fsp3) is 0.350. The summed E-state index contributed by atoms with van der Waals surface area (Å²) in [6, 6.07) is 13.1. The molecule has 2 rings (SSSR count). The summed E-state index contributed by atoms with van der Waals surface area (Å²) in [6.45, 7) is 3.88. The molecule has 0 spiro atoms. The molecule has 1 amide bonds. The average molecular weight is 379 g/mol. The van der Waals surface area contributed by atoms with Crippen LogP contribution >= 0.6 is 11.8 Å². The Bertz CT molecular complexity index is 725. The number of aliphatic hydroxyl groups is 1. The van der Waals surface area contributed by atoms with Gasteiger partial charge < -0.3 is 10.4 Å². The Morgan fingerprint density at radius 1 is 1.12 bits per heavy atom. The number of hydrogen-bond donors (Lipinski definition) is 2. The maximum atomic E-state index is 13.3. The highest BCUT2D eigenvalue weighted by atomic mass is 32.2. The first-order chi connectivity index (χ1) is 12.4. The summed E-state index contributed by atoms with van der Waals surface area (Å²) in [5, 5.41) is 12.5. The fourth-order valence-electron chi connectivity index (χ4n) is 2.47. The second-order valence-corrected chi connectivity index (χ2v) is 7.53. The van der Waals surface area contributed by atoms with Gasteiger partial charge in [0.2, 0.25) is 5.91 Å². The van der Waals surface area contributed by atoms with Gasteiger partial charge in [-0.3, -0.25) is 4.79 Å². The van der Waals surface area contributed by atoms with Gasteiger partial charge in [-0.1, -0.05) is 50.2 Å². The van der Waals surface area contributed by atoms with Gasteiger partial charge in [-0.05, 0) is 29.2 Å². The smallest absolute Gasteiger partial charge is 0.233 e. The zero-order valence-corrected chi connectivity index (χ0v) is 15.6. The average Bonchev–Trinajstić information content (AvgIpc) is 2.62. The van der Waals surface area contributed by atoms with E-state index >= 15 is 0 Å². The second kappa shape index (κ2) is 9.69. The van der Waals surface area contributed by atoms with Crippen molar-refractivity contribution in [2.75, 3.05) is 6.54 Å². The summed E-state index contributed by atoms with van der Waals surface area (Å²) in [4.78, 5) is 12.5. The Kier molecular flexibility index (Phi) is 7.60. The number of rotatable bonds is 8. The molecule has 0 aromatic heterocycles. The molecule has 2 aromatic rings. The van der Waals surface area contributed by atoms with E-state index in [0.717, 1.165) is 17.7 Å². The molecule has 6 heteroatoms. The van der Waals surface area contributed by atoms with Crippen molar-refractivity contribution < 1.29 is 18.7 Å². The minimum absolute atomic E-state index is 0.0565. The largest absolute Gasteiger partial charge is 0.387 e. The fourth-order valence-corrected chi connectivity index (χ4v) is 3.65. The van der Waals surface area contributed by atoms with Crippen molar-refractivity contribution in [1.82, 2.24) is 5.32 Å². The molecule has 2 N–H and O–H groups in total. The lowest BCUT2D eigenvalue weighted by Crippen LogP contribution is -2.38. The van der Waals surface area contributed by atoms with Crippen LogP contribution in [0.2, 0.25) is 0 Å². The highest BCUT2D eigenvalue weighted by molar-refractivity contribution is 7.99. The van der Waals surface area contributed by atoms with Crippen LogP contribution in [0.3, 0.4) is 0 Å². The van der Waals surface area contributed by atoms with Crippen molar-refractivity contribution in [3.63, 3.8) is 0 Å². The molecular weight excluding hydrogens is 356 g/mol. The van der Waals surface area contributed by atoms with Gasteiger partial charge in [0.1, 0.15) is 0 Å². The third kappa shape index (κ3) is 5.81. The van der Waals surface area contributed by atoms with E-state index < -0.39 is 17.7 Å². The lowest BCUT2D eigenvalue weighted by atomic mass is 10.1. The molecule has 2 atom stereocenters. The molecule has 0 fully saturated rings. The number of thioether (sulfide) groups is 1. The van der Waals surface area contributed by atoms with Crippen LogP contribution in [0, 0.1) is 17.6 Å². The molecule has 0 saturated carbocycles. The van der Waals surface area contributed by atoms with Gasteiger partial charge in [0.15, 0.2) is 11.6 Å². The van der Waals surface area contributed by atoms with Crippen molar-refractivity contribution in [3.8, 4) is 0 Å². The third-order valence-corrected chi connectivity index (χ3v) is 5.55. The van der Waals surface area contributed by atoms with E-state index in [2.05, 4.69) is 5.32 Å². The maximum absolute atomic E-state index is 13.3. The van der Waals surface area contributed by atoms with Crippen molar-refractivity contribution >= 4 is 17.7 Å². The lowest BCUT2D eigenvalue weighted by molar-refractivity contribution is -0.121. The van der Waals surface area contributed by atoms with Crippen LogP contribution in [0.15, 0.2) is 48.5 Å². The summed E-state index contributed by atoms with van der Waals surface area (Å²) in [5.41, 5.74) is 1.36. The van der Waals surface area contributed by atoms with Crippen LogP contribution in [-0.2, 0) is 10.5 Å². The molecule has 0 aliphatic heterocycles. The van der Waals surface area contributed by atoms with Crippen LogP contribution < -0.4 is 5.32 Å². The minimum atomic E-state index is -1.10. The maximum Gasteiger partial charge on any atom is 0.233 e. The van der Waals surface area contributed by atoms with Crippen molar-refractivity contribution in [2.45, 2.75) is 31.0 Å². The van der Waals surface area contributed by atoms with E-state index in [9.17, 15) is 18.7 Å². The predicted octanol–water partition coefficient (Wildman–Crippen LogP) is 4.07. The lowest BCUT2D eigenvalue weighted by Gasteiger charge is -2.21. The van der Waals surface area contributed by atoms with Crippen molar-refractivity contribution in [2.24, 2.45) is 5.92 Å². The number of hydrogen-bond acceptors (Lipinski definition) is 3. The van der Waals surface area contributed by atoms with Gasteiger partial charge in [-0.25, -0.2) is 8.78 Å². The van der Waals surface area contributed by atoms with Crippen LogP contribution in [0.1, 0.15) is 31.1 Å². The number of nitrogens with one attached hydrogen (secondary N) is 1. The normalized spacial score (nSPS) is 13.5. The molecular formula is C20H23F2NO2S. The molecule has 0 saturated heterocycles. The molecule has 3 nitrogen and oxygen atoms in total. The highest BCUT2D eigenvalue weighted by Crippen LogP contribution is 2.24. The molecule has 0 bridgehead atoms. The standard InChI is InChI=1S/C20H23F2NO2S/c1-13(2)19(26-12-14-6-4-3-5-7-14)20(25)23-11-18(24)15-8-9-16(21)17(22)10-15/h3-10,13,18-19,24H,11-12H2,1-2H3,(H,23,25). The Balaban J connectivity index is 1.91. The van der Waals surface area contributed by atoms with E-state index in [1.165, 1.54) is 17.8 Å². The minimum Gasteiger partial charge on any atom is -0.387 e. The molecule has 2 unspecified atom stereocenters. The van der Waals surface area contributed by atoms with E-state index in [4.69, 9.17) is 0 Å². The molecule has 0 radical (unpaired) electrons. The van der Waals surface area contributed by atoms with E-state index in [1.54, 1.807) is 0 Å². The van der Waals surface area contributed by atoms with Gasteiger partial charge in [0.05, 0.1) is 11.4 Å². The number of aliphatic hydroxyl groups excluding tert-OH is 1. The summed E-state index contributed by atoms with van der Waals surface area (Å²) >= 11 is 1.54. The van der Waals surface area contributed by atoms with Crippen LogP contribution in [0.4, 0.5) is 8.78 Å². The SMILES string of the molecule is CC(C)C(SCc1ccccc1)C(=O)NCC(O)c1ccc(F)c(F)c1. The van der Waals surface area contributed by atoms with Gasteiger partial charge in [-0.2, -0.15) is 0 Å². The number of benzene rings is 2.